The number of nitrogens with one attached hydrogen (secondary N) is 1. The van der Waals surface area contributed by atoms with E-state index >= 15 is 0 Å². The molecule has 0 radical (unpaired) electrons. The molecule has 336 valence electrons. The highest BCUT2D eigenvalue weighted by molar-refractivity contribution is 6.12. The summed E-state index contributed by atoms with van der Waals surface area (Å²) in [5, 5.41) is 4.81. The molecule has 4 atom stereocenters. The van der Waals surface area contributed by atoms with Gasteiger partial charge in [-0.2, -0.15) is 4.57 Å². The molecule has 6 aromatic rings. The fourth-order valence-electron chi connectivity index (χ4n) is 9.24. The maximum atomic E-state index is 13.6. The molecule has 4 unspecified atom stereocenters. The average molecular weight is 882 g/mol. The highest BCUT2D eigenvalue weighted by Gasteiger charge is 2.36. The number of hydrogen-bond acceptors (Lipinski definition) is 7. The molecule has 4 aromatic heterocycles. The Hall–Kier alpha value is -5.69. The van der Waals surface area contributed by atoms with E-state index in [1.807, 2.05) is 95.2 Å². The van der Waals surface area contributed by atoms with Crippen LogP contribution in [0.4, 0.5) is 4.79 Å². The van der Waals surface area contributed by atoms with E-state index in [1.54, 1.807) is 27.0 Å². The standard InChI is InChI=1S/C31H42N4O5.C18H19N3O.ClH/c1-19(2)24(17-32-30(38)40-31(5,6)7)29(37)39-21(4)35-16-15-34(20(35)3)18-22-13-14-26-27(28(22)36)23-11-9-10-12-25(23)33(26)8;1-12-19-9-10-21(12)11-13-7-8-16-17(18(13)22)14-5-3-4-6-15(14)20(16)2;/h9-12,15-16,19,21-22,24H,13-14,17-18H2,1-8H3;3-6,9-10,13H,7-8,11H2,1-2H3;1H/p+1. The Labute approximate surface area is 376 Å². The van der Waals surface area contributed by atoms with Gasteiger partial charge in [-0.15, -0.1) is 12.4 Å². The third-order valence-corrected chi connectivity index (χ3v) is 12.8. The predicted molar refractivity (Wildman–Crippen MR) is 245 cm³/mol. The Morgan fingerprint density at radius 2 is 1.41 bits per heavy atom. The number of benzene rings is 2. The van der Waals surface area contributed by atoms with Crippen molar-refractivity contribution in [2.45, 2.75) is 106 Å². The van der Waals surface area contributed by atoms with Gasteiger partial charge in [0.25, 0.3) is 5.82 Å². The summed E-state index contributed by atoms with van der Waals surface area (Å²) in [5.74, 6) is 1.31. The SMILES string of the molecule is Cc1n(C(C)OC(=O)C(CNC(=O)OC(C)(C)C)C(C)C)cc[n+]1CC1CCc2c(c3ccccc3n2C)C1=O.Cc1nccn1CC1CCc2c(c3ccccc3n2C)C1=O.Cl. The van der Waals surface area contributed by atoms with Crippen molar-refractivity contribution in [1.29, 1.82) is 0 Å². The van der Waals surface area contributed by atoms with Crippen LogP contribution in [0.3, 0.4) is 0 Å². The van der Waals surface area contributed by atoms with Crippen LogP contribution in [0.15, 0.2) is 73.3 Å². The average Bonchev–Trinajstić information content (AvgIpc) is 3.96. The van der Waals surface area contributed by atoms with Crippen molar-refractivity contribution in [2.24, 2.45) is 37.8 Å². The molecule has 0 fully saturated rings. The van der Waals surface area contributed by atoms with Crippen LogP contribution in [0, 0.1) is 37.5 Å². The molecule has 1 amide bonds. The highest BCUT2D eigenvalue weighted by Crippen LogP contribution is 2.36. The van der Waals surface area contributed by atoms with Crippen molar-refractivity contribution >= 4 is 57.8 Å². The summed E-state index contributed by atoms with van der Waals surface area (Å²) in [6.07, 6.45) is 9.99. The summed E-state index contributed by atoms with van der Waals surface area (Å²) >= 11 is 0. The van der Waals surface area contributed by atoms with E-state index in [0.717, 1.165) is 82.5 Å². The highest BCUT2D eigenvalue weighted by atomic mass is 35.5. The zero-order valence-electron chi connectivity index (χ0n) is 38.3. The number of carbonyl (C=O) groups excluding carboxylic acids is 4. The van der Waals surface area contributed by atoms with Crippen molar-refractivity contribution in [1.82, 2.24) is 28.6 Å². The number of esters is 1. The van der Waals surface area contributed by atoms with Crippen molar-refractivity contribution in [3.63, 3.8) is 0 Å². The number of amides is 1. The van der Waals surface area contributed by atoms with Crippen LogP contribution in [0.1, 0.15) is 104 Å². The first-order chi connectivity index (χ1) is 29.4. The van der Waals surface area contributed by atoms with Gasteiger partial charge in [0, 0.05) is 104 Å². The number of hydrogen-bond donors (Lipinski definition) is 1. The van der Waals surface area contributed by atoms with E-state index in [4.69, 9.17) is 9.47 Å². The van der Waals surface area contributed by atoms with Gasteiger partial charge in [-0.05, 0) is 71.4 Å². The number of aryl methyl sites for hydroxylation is 3. The van der Waals surface area contributed by atoms with Gasteiger partial charge in [0.05, 0.1) is 11.8 Å². The molecule has 0 saturated heterocycles. The molecule has 2 aliphatic carbocycles. The van der Waals surface area contributed by atoms with Crippen molar-refractivity contribution < 1.29 is 33.2 Å². The Kier molecular flexibility index (Phi) is 14.1. The number of fused-ring (bicyclic) bond motifs is 6. The number of ketones is 2. The number of Topliss-reactive ketones (excluding diaryl/α,β-unsaturated/α-hetero) is 2. The van der Waals surface area contributed by atoms with E-state index in [-0.39, 0.29) is 54.2 Å². The summed E-state index contributed by atoms with van der Waals surface area (Å²) in [4.78, 5) is 56.1. The van der Waals surface area contributed by atoms with E-state index in [1.165, 1.54) is 5.69 Å². The van der Waals surface area contributed by atoms with Gasteiger partial charge in [-0.3, -0.25) is 14.4 Å². The van der Waals surface area contributed by atoms with Crippen LogP contribution >= 0.6 is 12.4 Å². The molecule has 14 heteroatoms. The van der Waals surface area contributed by atoms with E-state index in [0.29, 0.717) is 6.54 Å². The lowest BCUT2D eigenvalue weighted by Gasteiger charge is -2.24. The number of imidazole rings is 2. The smallest absolute Gasteiger partial charge is 0.407 e. The zero-order valence-corrected chi connectivity index (χ0v) is 39.1. The lowest BCUT2D eigenvalue weighted by molar-refractivity contribution is -0.706. The molecule has 2 aliphatic rings. The second kappa shape index (κ2) is 19.0. The second-order valence-corrected chi connectivity index (χ2v) is 18.3. The molecule has 0 aliphatic heterocycles. The molecule has 8 rings (SSSR count). The van der Waals surface area contributed by atoms with Crippen LogP contribution in [0.2, 0.25) is 0 Å². The van der Waals surface area contributed by atoms with E-state index in [9.17, 15) is 19.2 Å². The Morgan fingerprint density at radius 3 is 1.95 bits per heavy atom. The van der Waals surface area contributed by atoms with Crippen molar-refractivity contribution in [3.8, 4) is 0 Å². The largest absolute Gasteiger partial charge is 0.444 e. The Balaban J connectivity index is 0.000000241. The Bertz CT molecular complexity index is 2640. The fraction of sp³-hybridized carbons (Fsp3) is 0.469. The van der Waals surface area contributed by atoms with Crippen LogP contribution < -0.4 is 9.88 Å². The molecule has 4 heterocycles. The maximum Gasteiger partial charge on any atom is 0.407 e. The topological polar surface area (TPSA) is 135 Å². The molecule has 13 nitrogen and oxygen atoms in total. The molecular weight excluding hydrogens is 818 g/mol. The lowest BCUT2D eigenvalue weighted by Crippen LogP contribution is -2.43. The number of carbonyl (C=O) groups is 4. The quantitative estimate of drug-likeness (QED) is 0.108. The molecule has 1 N–H and O–H groups in total. The first-order valence-electron chi connectivity index (χ1n) is 21.9. The first-order valence-corrected chi connectivity index (χ1v) is 21.9. The van der Waals surface area contributed by atoms with Crippen LogP contribution in [-0.2, 0) is 54.3 Å². The normalized spacial score (nSPS) is 17.1. The number of rotatable bonds is 10. The molecular formula is C49H63ClN7O6+. The summed E-state index contributed by atoms with van der Waals surface area (Å²) in [7, 11) is 4.10. The second-order valence-electron chi connectivity index (χ2n) is 18.3. The molecule has 0 spiro atoms. The molecule has 0 bridgehead atoms. The molecule has 63 heavy (non-hydrogen) atoms. The first kappa shape index (κ1) is 46.8. The maximum absolute atomic E-state index is 13.6. The van der Waals surface area contributed by atoms with Gasteiger partial charge < -0.3 is 28.5 Å². The molecule has 0 saturated carbocycles. The third kappa shape index (κ3) is 9.63. The minimum absolute atomic E-state index is 0. The minimum atomic E-state index is -0.618. The number of ether oxygens (including phenoxy) is 2. The number of halogens is 1. The lowest BCUT2D eigenvalue weighted by atomic mass is 9.85. The summed E-state index contributed by atoms with van der Waals surface area (Å²) in [6.45, 7) is 16.4. The third-order valence-electron chi connectivity index (χ3n) is 12.8. The van der Waals surface area contributed by atoms with E-state index in [2.05, 4.69) is 53.8 Å². The number of nitrogens with zero attached hydrogens (tertiary/aromatic N) is 6. The van der Waals surface area contributed by atoms with Crippen LogP contribution in [-0.4, -0.2) is 59.0 Å². The predicted octanol–water partition coefficient (Wildman–Crippen LogP) is 8.43. The summed E-state index contributed by atoms with van der Waals surface area (Å²) in [6, 6.07) is 16.3. The summed E-state index contributed by atoms with van der Waals surface area (Å²) in [5.41, 5.74) is 5.72. The number of aromatic nitrogens is 6. The van der Waals surface area contributed by atoms with Gasteiger partial charge >= 0.3 is 12.1 Å². The summed E-state index contributed by atoms with van der Waals surface area (Å²) < 4.78 is 21.5. The van der Waals surface area contributed by atoms with Gasteiger partial charge in [0.15, 0.2) is 11.6 Å². The van der Waals surface area contributed by atoms with Crippen LogP contribution in [0.25, 0.3) is 21.8 Å². The van der Waals surface area contributed by atoms with Gasteiger partial charge in [-0.25, -0.2) is 14.3 Å². The minimum Gasteiger partial charge on any atom is -0.444 e. The van der Waals surface area contributed by atoms with E-state index < -0.39 is 23.8 Å². The number of para-hydroxylation sites is 2. The Morgan fingerprint density at radius 1 is 0.857 bits per heavy atom. The monoisotopic (exact) mass is 880 g/mol. The van der Waals surface area contributed by atoms with Gasteiger partial charge in [0.1, 0.15) is 30.4 Å². The number of alkyl carbamates (subject to hydrolysis) is 1. The zero-order chi connectivity index (χ0) is 44.6. The van der Waals surface area contributed by atoms with Crippen molar-refractivity contribution in [2.75, 3.05) is 6.54 Å². The van der Waals surface area contributed by atoms with Gasteiger partial charge in [0.2, 0.25) is 6.23 Å². The van der Waals surface area contributed by atoms with Crippen molar-refractivity contribution in [3.05, 3.63) is 107 Å². The fourth-order valence-corrected chi connectivity index (χ4v) is 9.24. The van der Waals surface area contributed by atoms with Gasteiger partial charge in [-0.1, -0.05) is 50.2 Å². The van der Waals surface area contributed by atoms with Crippen LogP contribution in [0.5, 0.6) is 0 Å². The molecule has 2 aromatic carbocycles.